The van der Waals surface area contributed by atoms with E-state index in [1.165, 1.54) is 5.52 Å². The van der Waals surface area contributed by atoms with Crippen LogP contribution in [-0.4, -0.2) is 29.2 Å². The fraction of sp³-hybridized carbons (Fsp3) is 0.471. The molecule has 2 aliphatic rings. The van der Waals surface area contributed by atoms with Gasteiger partial charge in [-0.15, -0.1) is 0 Å². The molecule has 1 aliphatic heterocycles. The van der Waals surface area contributed by atoms with Crippen molar-refractivity contribution in [2.24, 2.45) is 5.92 Å². The van der Waals surface area contributed by atoms with Gasteiger partial charge in [-0.25, -0.2) is 0 Å². The van der Waals surface area contributed by atoms with Crippen LogP contribution in [0.5, 0.6) is 0 Å². The molecule has 1 aromatic carbocycles. The van der Waals surface area contributed by atoms with Gasteiger partial charge in [-0.05, 0) is 44.0 Å². The number of hydrogen-bond donors (Lipinski definition) is 1. The lowest BCUT2D eigenvalue weighted by atomic mass is 9.76. The van der Waals surface area contributed by atoms with E-state index in [4.69, 9.17) is 4.74 Å². The average molecular weight is 284 g/mol. The highest BCUT2D eigenvalue weighted by molar-refractivity contribution is 5.98. The Labute approximate surface area is 124 Å². The van der Waals surface area contributed by atoms with E-state index in [-0.39, 0.29) is 5.91 Å². The van der Waals surface area contributed by atoms with Crippen LogP contribution < -0.4 is 5.32 Å². The molecule has 4 heteroatoms. The summed E-state index contributed by atoms with van der Waals surface area (Å²) in [6.07, 6.45) is 4.49. The second-order valence-electron chi connectivity index (χ2n) is 6.05. The Kier molecular flexibility index (Phi) is 3.00. The van der Waals surface area contributed by atoms with E-state index in [2.05, 4.69) is 29.1 Å². The largest absolute Gasteiger partial charge is 0.378 e. The summed E-state index contributed by atoms with van der Waals surface area (Å²) in [4.78, 5) is 12.4. The minimum atomic E-state index is 0.0384. The maximum absolute atomic E-state index is 12.4. The first kappa shape index (κ1) is 12.9. The molecule has 1 saturated heterocycles. The van der Waals surface area contributed by atoms with Gasteiger partial charge in [0, 0.05) is 47.8 Å². The van der Waals surface area contributed by atoms with Gasteiger partial charge < -0.3 is 14.6 Å². The number of aryl methyl sites for hydroxylation is 1. The third kappa shape index (κ3) is 2.05. The molecule has 1 N–H and O–H groups in total. The van der Waals surface area contributed by atoms with Crippen LogP contribution in [0.3, 0.4) is 0 Å². The predicted molar refractivity (Wildman–Crippen MR) is 81.3 cm³/mol. The fourth-order valence-corrected chi connectivity index (χ4v) is 3.63. The van der Waals surface area contributed by atoms with E-state index < -0.39 is 0 Å². The Morgan fingerprint density at radius 3 is 3.14 bits per heavy atom. The number of aromatic nitrogens is 1. The van der Waals surface area contributed by atoms with E-state index in [0.717, 1.165) is 36.9 Å². The molecule has 0 unspecified atom stereocenters. The molecule has 2 fully saturated rings. The second kappa shape index (κ2) is 4.88. The van der Waals surface area contributed by atoms with Crippen molar-refractivity contribution < 1.29 is 9.53 Å². The summed E-state index contributed by atoms with van der Waals surface area (Å²) in [5, 5.41) is 4.29. The van der Waals surface area contributed by atoms with Crippen molar-refractivity contribution in [3.05, 3.63) is 36.0 Å². The first-order valence-corrected chi connectivity index (χ1v) is 7.77. The quantitative estimate of drug-likeness (QED) is 0.941. The number of hydrogen-bond acceptors (Lipinski definition) is 2. The van der Waals surface area contributed by atoms with Gasteiger partial charge in [0.2, 0.25) is 0 Å². The molecular formula is C17H20N2O2. The van der Waals surface area contributed by atoms with Crippen LogP contribution >= 0.6 is 0 Å². The van der Waals surface area contributed by atoms with Crippen LogP contribution in [0.25, 0.3) is 10.9 Å². The second-order valence-corrected chi connectivity index (χ2v) is 6.05. The Morgan fingerprint density at radius 2 is 2.33 bits per heavy atom. The summed E-state index contributed by atoms with van der Waals surface area (Å²) in [6.45, 7) is 3.91. The van der Waals surface area contributed by atoms with Crippen molar-refractivity contribution in [1.29, 1.82) is 0 Å². The van der Waals surface area contributed by atoms with E-state index in [0.29, 0.717) is 18.1 Å². The smallest absolute Gasteiger partial charge is 0.251 e. The molecule has 0 radical (unpaired) electrons. The summed E-state index contributed by atoms with van der Waals surface area (Å²) >= 11 is 0. The molecule has 2 aromatic rings. The van der Waals surface area contributed by atoms with Gasteiger partial charge in [0.15, 0.2) is 0 Å². The maximum atomic E-state index is 12.4. The number of amides is 1. The number of nitrogens with zero attached hydrogens (tertiary/aromatic N) is 1. The number of ether oxygens (including phenoxy) is 1. The summed E-state index contributed by atoms with van der Waals surface area (Å²) in [5.41, 5.74) is 1.93. The Hall–Kier alpha value is -1.81. The highest BCUT2D eigenvalue weighted by Crippen LogP contribution is 2.38. The molecular weight excluding hydrogens is 264 g/mol. The fourth-order valence-electron chi connectivity index (χ4n) is 3.63. The number of rotatable bonds is 3. The van der Waals surface area contributed by atoms with Crippen molar-refractivity contribution in [1.82, 2.24) is 9.88 Å². The van der Waals surface area contributed by atoms with Crippen LogP contribution in [0.4, 0.5) is 0 Å². The summed E-state index contributed by atoms with van der Waals surface area (Å²) < 4.78 is 7.77. The lowest BCUT2D eigenvalue weighted by molar-refractivity contribution is 0.00810. The normalized spacial score (nSPS) is 27.4. The van der Waals surface area contributed by atoms with Crippen LogP contribution in [-0.2, 0) is 11.3 Å². The molecule has 4 rings (SSSR count). The zero-order valence-electron chi connectivity index (χ0n) is 12.2. The number of fused-ring (bicyclic) bond motifs is 2. The zero-order chi connectivity index (χ0) is 14.4. The van der Waals surface area contributed by atoms with Crippen molar-refractivity contribution in [3.8, 4) is 0 Å². The van der Waals surface area contributed by atoms with Crippen LogP contribution in [0.2, 0.25) is 0 Å². The maximum Gasteiger partial charge on any atom is 0.251 e. The first-order chi connectivity index (χ1) is 10.3. The number of benzene rings is 1. The average Bonchev–Trinajstić information content (AvgIpc) is 3.06. The van der Waals surface area contributed by atoms with E-state index >= 15 is 0 Å². The predicted octanol–water partition coefficient (Wildman–Crippen LogP) is 2.57. The van der Waals surface area contributed by atoms with Gasteiger partial charge in [-0.3, -0.25) is 4.79 Å². The molecule has 110 valence electrons. The van der Waals surface area contributed by atoms with Crippen LogP contribution in [0.1, 0.15) is 30.1 Å². The van der Waals surface area contributed by atoms with Crippen molar-refractivity contribution >= 4 is 16.8 Å². The number of carbonyl (C=O) groups excluding carboxylic acids is 1. The standard InChI is InChI=1S/C17H20N2O2/c1-2-19-7-5-11-9-12(3-4-15(11)19)17(20)18-14-10-16-13(14)6-8-21-16/h3-5,7,9,13-14,16H,2,6,8,10H2,1H3,(H,18,20)/t13-,14+,16+/m0/s1. The third-order valence-corrected chi connectivity index (χ3v) is 4.95. The molecule has 2 heterocycles. The van der Waals surface area contributed by atoms with Crippen LogP contribution in [0, 0.1) is 5.92 Å². The molecule has 3 atom stereocenters. The monoisotopic (exact) mass is 284 g/mol. The molecule has 1 aliphatic carbocycles. The third-order valence-electron chi connectivity index (χ3n) is 4.95. The SMILES string of the molecule is CCn1ccc2cc(C(=O)N[C@@H]3C[C@H]4OCC[C@@H]34)ccc21. The first-order valence-electron chi connectivity index (χ1n) is 7.77. The Morgan fingerprint density at radius 1 is 1.43 bits per heavy atom. The molecule has 1 amide bonds. The summed E-state index contributed by atoms with van der Waals surface area (Å²) in [7, 11) is 0. The lowest BCUT2D eigenvalue weighted by Gasteiger charge is -2.39. The minimum Gasteiger partial charge on any atom is -0.378 e. The minimum absolute atomic E-state index is 0.0384. The number of carbonyl (C=O) groups is 1. The highest BCUT2D eigenvalue weighted by atomic mass is 16.5. The highest BCUT2D eigenvalue weighted by Gasteiger charge is 2.45. The summed E-state index contributed by atoms with van der Waals surface area (Å²) in [6, 6.07) is 8.31. The molecule has 1 aromatic heterocycles. The van der Waals surface area contributed by atoms with Crippen molar-refractivity contribution in [3.63, 3.8) is 0 Å². The molecule has 0 spiro atoms. The van der Waals surface area contributed by atoms with Gasteiger partial charge >= 0.3 is 0 Å². The molecule has 1 saturated carbocycles. The molecule has 4 nitrogen and oxygen atoms in total. The van der Waals surface area contributed by atoms with Gasteiger partial charge in [0.05, 0.1) is 6.10 Å². The van der Waals surface area contributed by atoms with Crippen LogP contribution in [0.15, 0.2) is 30.5 Å². The molecule has 0 bridgehead atoms. The van der Waals surface area contributed by atoms with Crippen molar-refractivity contribution in [2.75, 3.05) is 6.61 Å². The van der Waals surface area contributed by atoms with Gasteiger partial charge in [-0.1, -0.05) is 0 Å². The lowest BCUT2D eigenvalue weighted by Crippen LogP contribution is -2.53. The van der Waals surface area contributed by atoms with Gasteiger partial charge in [0.1, 0.15) is 0 Å². The van der Waals surface area contributed by atoms with Gasteiger partial charge in [-0.2, -0.15) is 0 Å². The van der Waals surface area contributed by atoms with Gasteiger partial charge in [0.25, 0.3) is 5.91 Å². The van der Waals surface area contributed by atoms with E-state index in [1.807, 2.05) is 18.2 Å². The Bertz CT molecular complexity index is 691. The number of nitrogens with one attached hydrogen (secondary N) is 1. The Balaban J connectivity index is 1.51. The topological polar surface area (TPSA) is 43.3 Å². The zero-order valence-corrected chi connectivity index (χ0v) is 12.2. The summed E-state index contributed by atoms with van der Waals surface area (Å²) in [5.74, 6) is 0.565. The molecule has 21 heavy (non-hydrogen) atoms. The van der Waals surface area contributed by atoms with E-state index in [9.17, 15) is 4.79 Å². The van der Waals surface area contributed by atoms with E-state index in [1.54, 1.807) is 0 Å². The van der Waals surface area contributed by atoms with Crippen molar-refractivity contribution in [2.45, 2.75) is 38.5 Å².